The SMILES string of the molecule is COc1nc(N2CCCCCC2)nc(N2CC(O)C2)n1. The van der Waals surface area contributed by atoms with Gasteiger partial charge in [0.25, 0.3) is 0 Å². The van der Waals surface area contributed by atoms with E-state index in [-0.39, 0.29) is 6.10 Å². The van der Waals surface area contributed by atoms with Crippen molar-refractivity contribution in [1.29, 1.82) is 0 Å². The second kappa shape index (κ2) is 5.78. The number of aromatic nitrogens is 3. The second-order valence-corrected chi connectivity index (χ2v) is 5.38. The summed E-state index contributed by atoms with van der Waals surface area (Å²) in [5.41, 5.74) is 0. The maximum atomic E-state index is 9.41. The number of aliphatic hydroxyl groups excluding tert-OH is 1. The van der Waals surface area contributed by atoms with Gasteiger partial charge in [-0.2, -0.15) is 15.0 Å². The third-order valence-electron chi connectivity index (χ3n) is 3.81. The lowest BCUT2D eigenvalue weighted by Gasteiger charge is -2.36. The molecule has 0 amide bonds. The summed E-state index contributed by atoms with van der Waals surface area (Å²) < 4.78 is 5.19. The van der Waals surface area contributed by atoms with E-state index in [0.717, 1.165) is 13.1 Å². The largest absolute Gasteiger partial charge is 0.467 e. The lowest BCUT2D eigenvalue weighted by atomic mass is 10.2. The lowest BCUT2D eigenvalue weighted by Crippen LogP contribution is -2.51. The van der Waals surface area contributed by atoms with Gasteiger partial charge < -0.3 is 19.6 Å². The van der Waals surface area contributed by atoms with Crippen molar-refractivity contribution < 1.29 is 9.84 Å². The molecule has 7 heteroatoms. The molecule has 0 aromatic carbocycles. The zero-order valence-corrected chi connectivity index (χ0v) is 11.8. The molecule has 3 rings (SSSR count). The van der Waals surface area contributed by atoms with E-state index in [1.807, 2.05) is 4.90 Å². The minimum absolute atomic E-state index is 0.278. The van der Waals surface area contributed by atoms with Crippen LogP contribution in [0.25, 0.3) is 0 Å². The molecule has 0 spiro atoms. The van der Waals surface area contributed by atoms with E-state index in [1.54, 1.807) is 7.11 Å². The number of anilines is 2. The normalized spacial score (nSPS) is 20.5. The third kappa shape index (κ3) is 2.77. The Balaban J connectivity index is 1.83. The van der Waals surface area contributed by atoms with Crippen molar-refractivity contribution in [2.45, 2.75) is 31.8 Å². The molecule has 2 aliphatic rings. The molecular weight excluding hydrogens is 258 g/mol. The van der Waals surface area contributed by atoms with Gasteiger partial charge in [-0.15, -0.1) is 0 Å². The Morgan fingerprint density at radius 2 is 1.55 bits per heavy atom. The van der Waals surface area contributed by atoms with Crippen molar-refractivity contribution in [3.05, 3.63) is 0 Å². The highest BCUT2D eigenvalue weighted by atomic mass is 16.5. The first-order chi connectivity index (χ1) is 9.76. The summed E-state index contributed by atoms with van der Waals surface area (Å²) in [7, 11) is 1.57. The van der Waals surface area contributed by atoms with Gasteiger partial charge in [0.15, 0.2) is 0 Å². The van der Waals surface area contributed by atoms with Gasteiger partial charge in [-0.1, -0.05) is 12.8 Å². The number of β-amino-alcohol motifs (C(OH)–C–C–N with tert-alkyl or cyclic N) is 1. The van der Waals surface area contributed by atoms with Gasteiger partial charge in [0.05, 0.1) is 13.2 Å². The van der Waals surface area contributed by atoms with Crippen molar-refractivity contribution >= 4 is 11.9 Å². The molecule has 0 bridgehead atoms. The molecule has 0 aliphatic carbocycles. The van der Waals surface area contributed by atoms with E-state index in [0.29, 0.717) is 31.0 Å². The average molecular weight is 279 g/mol. The van der Waals surface area contributed by atoms with E-state index in [4.69, 9.17) is 4.74 Å². The van der Waals surface area contributed by atoms with Crippen LogP contribution in [0.3, 0.4) is 0 Å². The van der Waals surface area contributed by atoms with Crippen LogP contribution in [0.1, 0.15) is 25.7 Å². The molecule has 7 nitrogen and oxygen atoms in total. The smallest absolute Gasteiger partial charge is 0.322 e. The van der Waals surface area contributed by atoms with Crippen LogP contribution in [0.4, 0.5) is 11.9 Å². The Morgan fingerprint density at radius 3 is 2.10 bits per heavy atom. The Hall–Kier alpha value is -1.63. The highest BCUT2D eigenvalue weighted by Crippen LogP contribution is 2.23. The molecule has 3 heterocycles. The lowest BCUT2D eigenvalue weighted by molar-refractivity contribution is 0.140. The summed E-state index contributed by atoms with van der Waals surface area (Å²) in [6.45, 7) is 3.11. The average Bonchev–Trinajstić information content (AvgIpc) is 2.72. The van der Waals surface area contributed by atoms with Crippen molar-refractivity contribution in [2.75, 3.05) is 43.1 Å². The molecule has 2 fully saturated rings. The second-order valence-electron chi connectivity index (χ2n) is 5.38. The summed E-state index contributed by atoms with van der Waals surface area (Å²) in [6, 6.07) is 0.343. The molecule has 0 saturated carbocycles. The highest BCUT2D eigenvalue weighted by molar-refractivity contribution is 5.42. The fourth-order valence-electron chi connectivity index (χ4n) is 2.60. The fourth-order valence-corrected chi connectivity index (χ4v) is 2.60. The standard InChI is InChI=1S/C13H21N5O2/c1-20-13-15-11(17-6-4-2-3-5-7-17)14-12(16-13)18-8-10(19)9-18/h10,19H,2-9H2,1H3. The Morgan fingerprint density at radius 1 is 0.950 bits per heavy atom. The molecule has 0 atom stereocenters. The Kier molecular flexibility index (Phi) is 3.86. The van der Waals surface area contributed by atoms with Gasteiger partial charge in [0, 0.05) is 26.2 Å². The van der Waals surface area contributed by atoms with Gasteiger partial charge in [-0.25, -0.2) is 0 Å². The first kappa shape index (κ1) is 13.4. The highest BCUT2D eigenvalue weighted by Gasteiger charge is 2.28. The Labute approximate surface area is 118 Å². The first-order valence-corrected chi connectivity index (χ1v) is 7.24. The minimum atomic E-state index is -0.278. The number of methoxy groups -OCH3 is 1. The molecule has 0 radical (unpaired) electrons. The molecule has 2 saturated heterocycles. The maximum absolute atomic E-state index is 9.41. The van der Waals surface area contributed by atoms with E-state index in [2.05, 4.69) is 19.9 Å². The van der Waals surface area contributed by atoms with E-state index >= 15 is 0 Å². The van der Waals surface area contributed by atoms with Crippen LogP contribution in [0.2, 0.25) is 0 Å². The zero-order chi connectivity index (χ0) is 13.9. The topological polar surface area (TPSA) is 74.6 Å². The maximum Gasteiger partial charge on any atom is 0.322 e. The zero-order valence-electron chi connectivity index (χ0n) is 11.8. The molecule has 0 unspecified atom stereocenters. The summed E-state index contributed by atoms with van der Waals surface area (Å²) >= 11 is 0. The molecule has 20 heavy (non-hydrogen) atoms. The van der Waals surface area contributed by atoms with Crippen molar-refractivity contribution in [1.82, 2.24) is 15.0 Å². The van der Waals surface area contributed by atoms with Crippen molar-refractivity contribution in [2.24, 2.45) is 0 Å². The van der Waals surface area contributed by atoms with Gasteiger partial charge in [-0.3, -0.25) is 0 Å². The quantitative estimate of drug-likeness (QED) is 0.860. The summed E-state index contributed by atoms with van der Waals surface area (Å²) in [5.74, 6) is 1.29. The summed E-state index contributed by atoms with van der Waals surface area (Å²) in [4.78, 5) is 17.3. The number of rotatable bonds is 3. The summed E-state index contributed by atoms with van der Waals surface area (Å²) in [5, 5.41) is 9.41. The van der Waals surface area contributed by atoms with Crippen LogP contribution < -0.4 is 14.5 Å². The number of nitrogens with zero attached hydrogens (tertiary/aromatic N) is 5. The first-order valence-electron chi connectivity index (χ1n) is 7.24. The van der Waals surface area contributed by atoms with Crippen LogP contribution in [-0.4, -0.2) is 59.5 Å². The molecule has 1 aromatic rings. The van der Waals surface area contributed by atoms with E-state index in [1.165, 1.54) is 25.7 Å². The number of hydrogen-bond donors (Lipinski definition) is 1. The van der Waals surface area contributed by atoms with Crippen molar-refractivity contribution in [3.8, 4) is 6.01 Å². The van der Waals surface area contributed by atoms with Gasteiger partial charge in [0.1, 0.15) is 0 Å². The van der Waals surface area contributed by atoms with Crippen LogP contribution >= 0.6 is 0 Å². The van der Waals surface area contributed by atoms with Crippen LogP contribution in [0, 0.1) is 0 Å². The minimum Gasteiger partial charge on any atom is -0.467 e. The number of aliphatic hydroxyl groups is 1. The molecule has 1 aromatic heterocycles. The van der Waals surface area contributed by atoms with Gasteiger partial charge in [0.2, 0.25) is 11.9 Å². The molecule has 2 aliphatic heterocycles. The summed E-state index contributed by atoms with van der Waals surface area (Å²) in [6.07, 6.45) is 4.60. The van der Waals surface area contributed by atoms with Gasteiger partial charge >= 0.3 is 6.01 Å². The third-order valence-corrected chi connectivity index (χ3v) is 3.81. The monoisotopic (exact) mass is 279 g/mol. The van der Waals surface area contributed by atoms with E-state index in [9.17, 15) is 5.11 Å². The number of hydrogen-bond acceptors (Lipinski definition) is 7. The van der Waals surface area contributed by atoms with Crippen LogP contribution in [0.5, 0.6) is 6.01 Å². The predicted octanol–water partition coefficient (Wildman–Crippen LogP) is 0.442. The molecule has 110 valence electrons. The molecule has 1 N–H and O–H groups in total. The predicted molar refractivity (Wildman–Crippen MR) is 75.3 cm³/mol. The van der Waals surface area contributed by atoms with Gasteiger partial charge in [-0.05, 0) is 12.8 Å². The Bertz CT molecular complexity index is 456. The van der Waals surface area contributed by atoms with Crippen molar-refractivity contribution in [3.63, 3.8) is 0 Å². The number of ether oxygens (including phenoxy) is 1. The fraction of sp³-hybridized carbons (Fsp3) is 0.769. The van der Waals surface area contributed by atoms with Crippen LogP contribution in [-0.2, 0) is 0 Å². The molecular formula is C13H21N5O2. The van der Waals surface area contributed by atoms with Crippen LogP contribution in [0.15, 0.2) is 0 Å². The van der Waals surface area contributed by atoms with E-state index < -0.39 is 0 Å².